The summed E-state index contributed by atoms with van der Waals surface area (Å²) in [5.41, 5.74) is 0.476. The standard InChI is InChI=1S/C14H16IN3O3/c1-14(2,3)6-12(19)21-13(20)17-10-8-18-7-9(15)4-5-11(18)16-10/h4-5,7-8H,6H2,1-3H3,(H,17,20). The first-order valence-corrected chi connectivity index (χ1v) is 7.47. The number of aromatic nitrogens is 2. The summed E-state index contributed by atoms with van der Waals surface area (Å²) >= 11 is 2.19. The van der Waals surface area contributed by atoms with E-state index < -0.39 is 12.1 Å². The van der Waals surface area contributed by atoms with Crippen molar-refractivity contribution in [1.29, 1.82) is 0 Å². The van der Waals surface area contributed by atoms with Crippen LogP contribution in [0.1, 0.15) is 27.2 Å². The van der Waals surface area contributed by atoms with Crippen molar-refractivity contribution in [3.05, 3.63) is 28.1 Å². The van der Waals surface area contributed by atoms with Crippen molar-refractivity contribution in [2.75, 3.05) is 5.32 Å². The number of esters is 1. The second kappa shape index (κ2) is 6.00. The molecule has 0 saturated carbocycles. The van der Waals surface area contributed by atoms with Crippen LogP contribution >= 0.6 is 22.6 Å². The molecule has 7 heteroatoms. The average molecular weight is 401 g/mol. The predicted octanol–water partition coefficient (Wildman–Crippen LogP) is 3.45. The number of hydrogen-bond donors (Lipinski definition) is 1. The number of nitrogens with one attached hydrogen (secondary N) is 1. The number of amides is 1. The van der Waals surface area contributed by atoms with Gasteiger partial charge in [0.2, 0.25) is 0 Å². The summed E-state index contributed by atoms with van der Waals surface area (Å²) in [5.74, 6) is -0.219. The van der Waals surface area contributed by atoms with E-state index in [-0.39, 0.29) is 11.8 Å². The van der Waals surface area contributed by atoms with Crippen LogP contribution in [0.2, 0.25) is 0 Å². The number of fused-ring (bicyclic) bond motifs is 1. The monoisotopic (exact) mass is 401 g/mol. The van der Waals surface area contributed by atoms with E-state index in [0.29, 0.717) is 11.5 Å². The lowest BCUT2D eigenvalue weighted by Gasteiger charge is -2.15. The third-order valence-corrected chi connectivity index (χ3v) is 3.16. The number of anilines is 1. The van der Waals surface area contributed by atoms with Crippen LogP contribution in [-0.4, -0.2) is 21.4 Å². The van der Waals surface area contributed by atoms with Crippen molar-refractivity contribution in [3.8, 4) is 0 Å². The summed E-state index contributed by atoms with van der Waals surface area (Å²) in [6, 6.07) is 3.75. The lowest BCUT2D eigenvalue weighted by Crippen LogP contribution is -2.22. The molecule has 0 saturated heterocycles. The van der Waals surface area contributed by atoms with E-state index >= 15 is 0 Å². The lowest BCUT2D eigenvalue weighted by atomic mass is 9.93. The highest BCUT2D eigenvalue weighted by Gasteiger charge is 2.20. The molecule has 112 valence electrons. The van der Waals surface area contributed by atoms with Crippen LogP contribution in [0, 0.1) is 8.99 Å². The molecule has 0 radical (unpaired) electrons. The van der Waals surface area contributed by atoms with Crippen molar-refractivity contribution < 1.29 is 14.3 Å². The normalized spacial score (nSPS) is 11.4. The number of carbonyl (C=O) groups excluding carboxylic acids is 2. The van der Waals surface area contributed by atoms with E-state index in [0.717, 1.165) is 3.57 Å². The zero-order valence-electron chi connectivity index (χ0n) is 12.0. The minimum absolute atomic E-state index is 0.170. The maximum Gasteiger partial charge on any atom is 0.420 e. The van der Waals surface area contributed by atoms with E-state index in [1.165, 1.54) is 0 Å². The van der Waals surface area contributed by atoms with Crippen molar-refractivity contribution >= 4 is 46.1 Å². The van der Waals surface area contributed by atoms with Crippen LogP contribution in [0.5, 0.6) is 0 Å². The van der Waals surface area contributed by atoms with E-state index in [4.69, 9.17) is 4.74 Å². The number of halogens is 1. The van der Waals surface area contributed by atoms with Crippen LogP contribution in [-0.2, 0) is 9.53 Å². The number of nitrogens with zero attached hydrogens (tertiary/aromatic N) is 2. The Bertz CT molecular complexity index is 688. The molecule has 0 aliphatic heterocycles. The number of imidazole rings is 1. The summed E-state index contributed by atoms with van der Waals surface area (Å²) in [5, 5.41) is 2.45. The van der Waals surface area contributed by atoms with E-state index in [1.54, 1.807) is 10.6 Å². The summed E-state index contributed by atoms with van der Waals surface area (Å²) in [6.07, 6.45) is 2.89. The maximum absolute atomic E-state index is 11.6. The highest BCUT2D eigenvalue weighted by molar-refractivity contribution is 14.1. The van der Waals surface area contributed by atoms with Crippen LogP contribution < -0.4 is 5.32 Å². The maximum atomic E-state index is 11.6. The van der Waals surface area contributed by atoms with Gasteiger partial charge in [0.05, 0.1) is 12.6 Å². The van der Waals surface area contributed by atoms with Gasteiger partial charge in [-0.05, 0) is 40.1 Å². The van der Waals surface area contributed by atoms with Gasteiger partial charge in [0, 0.05) is 9.77 Å². The first-order valence-electron chi connectivity index (χ1n) is 6.39. The number of rotatable bonds is 2. The van der Waals surface area contributed by atoms with Gasteiger partial charge in [-0.25, -0.2) is 9.78 Å². The van der Waals surface area contributed by atoms with Crippen LogP contribution in [0.4, 0.5) is 10.6 Å². The minimum Gasteiger partial charge on any atom is -0.376 e. The summed E-state index contributed by atoms with van der Waals surface area (Å²) in [7, 11) is 0. The molecule has 1 N–H and O–H groups in total. The summed E-state index contributed by atoms with van der Waals surface area (Å²) in [4.78, 5) is 27.4. The molecule has 2 aromatic rings. The number of hydrogen-bond acceptors (Lipinski definition) is 4. The molecule has 0 aliphatic rings. The Morgan fingerprint density at radius 1 is 1.33 bits per heavy atom. The Labute approximate surface area is 136 Å². The second-order valence-electron chi connectivity index (χ2n) is 5.86. The molecule has 2 heterocycles. The number of ether oxygens (including phenoxy) is 1. The Morgan fingerprint density at radius 2 is 2.05 bits per heavy atom. The Balaban J connectivity index is 1.99. The van der Waals surface area contributed by atoms with Crippen molar-refractivity contribution in [3.63, 3.8) is 0 Å². The second-order valence-corrected chi connectivity index (χ2v) is 7.11. The molecule has 0 spiro atoms. The average Bonchev–Trinajstić information content (AvgIpc) is 2.66. The fourth-order valence-electron chi connectivity index (χ4n) is 1.73. The zero-order chi connectivity index (χ0) is 15.6. The van der Waals surface area contributed by atoms with Gasteiger partial charge in [0.1, 0.15) is 5.65 Å². The molecule has 0 aliphatic carbocycles. The molecule has 0 aromatic carbocycles. The number of carbonyl (C=O) groups is 2. The van der Waals surface area contributed by atoms with E-state index in [2.05, 4.69) is 32.9 Å². The number of pyridine rings is 1. The van der Waals surface area contributed by atoms with Crippen LogP contribution in [0.15, 0.2) is 24.5 Å². The van der Waals surface area contributed by atoms with Gasteiger partial charge in [-0.1, -0.05) is 20.8 Å². The highest BCUT2D eigenvalue weighted by Crippen LogP contribution is 2.19. The van der Waals surface area contributed by atoms with Gasteiger partial charge >= 0.3 is 12.1 Å². The first kappa shape index (κ1) is 15.7. The molecule has 0 bridgehead atoms. The molecule has 2 rings (SSSR count). The summed E-state index contributed by atoms with van der Waals surface area (Å²) in [6.45, 7) is 5.70. The van der Waals surface area contributed by atoms with Gasteiger partial charge in [-0.15, -0.1) is 0 Å². The molecule has 1 amide bonds. The van der Waals surface area contributed by atoms with E-state index in [9.17, 15) is 9.59 Å². The van der Waals surface area contributed by atoms with E-state index in [1.807, 2.05) is 39.1 Å². The molecular formula is C14H16IN3O3. The molecule has 0 atom stereocenters. The van der Waals surface area contributed by atoms with Gasteiger partial charge in [0.15, 0.2) is 5.82 Å². The smallest absolute Gasteiger partial charge is 0.376 e. The molecular weight excluding hydrogens is 385 g/mol. The molecule has 0 unspecified atom stereocenters. The van der Waals surface area contributed by atoms with Crippen LogP contribution in [0.3, 0.4) is 0 Å². The van der Waals surface area contributed by atoms with Gasteiger partial charge in [-0.2, -0.15) is 0 Å². The fourth-order valence-corrected chi connectivity index (χ4v) is 2.21. The zero-order valence-corrected chi connectivity index (χ0v) is 14.2. The SMILES string of the molecule is CC(C)(C)CC(=O)OC(=O)Nc1cn2cc(I)ccc2n1. The Hall–Kier alpha value is -1.64. The Morgan fingerprint density at radius 3 is 2.71 bits per heavy atom. The van der Waals surface area contributed by atoms with Crippen LogP contribution in [0.25, 0.3) is 5.65 Å². The molecule has 0 fully saturated rings. The minimum atomic E-state index is -0.817. The first-order chi connectivity index (χ1) is 9.73. The van der Waals surface area contributed by atoms with Crippen molar-refractivity contribution in [2.45, 2.75) is 27.2 Å². The Kier molecular flexibility index (Phi) is 4.50. The molecule has 2 aromatic heterocycles. The van der Waals surface area contributed by atoms with Crippen molar-refractivity contribution in [1.82, 2.24) is 9.38 Å². The fraction of sp³-hybridized carbons (Fsp3) is 0.357. The lowest BCUT2D eigenvalue weighted by molar-refractivity contribution is -0.138. The summed E-state index contributed by atoms with van der Waals surface area (Å²) < 4.78 is 7.54. The third kappa shape index (κ3) is 4.69. The van der Waals surface area contributed by atoms with Gasteiger partial charge in [-0.3, -0.25) is 10.1 Å². The predicted molar refractivity (Wildman–Crippen MR) is 87.1 cm³/mol. The molecule has 6 nitrogen and oxygen atoms in total. The third-order valence-electron chi connectivity index (χ3n) is 2.53. The van der Waals surface area contributed by atoms with Gasteiger partial charge < -0.3 is 9.14 Å². The molecule has 21 heavy (non-hydrogen) atoms. The topological polar surface area (TPSA) is 72.7 Å². The quantitative estimate of drug-likeness (QED) is 0.476. The van der Waals surface area contributed by atoms with Gasteiger partial charge in [0.25, 0.3) is 0 Å². The highest BCUT2D eigenvalue weighted by atomic mass is 127. The largest absolute Gasteiger partial charge is 0.420 e. The van der Waals surface area contributed by atoms with Crippen molar-refractivity contribution in [2.24, 2.45) is 5.41 Å².